The maximum atomic E-state index is 12.8. The number of hydrogen-bond donors (Lipinski definition) is 3. The summed E-state index contributed by atoms with van der Waals surface area (Å²) in [5.74, 6) is -0.630. The largest absolute Gasteiger partial charge is 0.352 e. The van der Waals surface area contributed by atoms with Crippen LogP contribution >= 0.6 is 0 Å². The van der Waals surface area contributed by atoms with Crippen LogP contribution in [0.25, 0.3) is 0 Å². The predicted molar refractivity (Wildman–Crippen MR) is 112 cm³/mol. The van der Waals surface area contributed by atoms with Gasteiger partial charge >= 0.3 is 6.03 Å². The minimum absolute atomic E-state index is 0.00257. The molecule has 10 nitrogen and oxygen atoms in total. The first-order valence-corrected chi connectivity index (χ1v) is 11.2. The van der Waals surface area contributed by atoms with Gasteiger partial charge in [-0.2, -0.15) is 5.10 Å². The van der Waals surface area contributed by atoms with Crippen molar-refractivity contribution >= 4 is 29.4 Å². The van der Waals surface area contributed by atoms with Gasteiger partial charge in [0.05, 0.1) is 11.9 Å². The smallest absolute Gasteiger partial charge is 0.325 e. The zero-order valence-corrected chi connectivity index (χ0v) is 17.7. The van der Waals surface area contributed by atoms with Crippen molar-refractivity contribution in [3.8, 4) is 0 Å². The van der Waals surface area contributed by atoms with E-state index < -0.39 is 11.6 Å². The normalized spacial score (nSPS) is 20.8. The minimum atomic E-state index is -0.772. The maximum absolute atomic E-state index is 12.8. The monoisotopic (exact) mass is 430 g/mol. The van der Waals surface area contributed by atoms with Gasteiger partial charge in [-0.1, -0.05) is 32.1 Å². The SMILES string of the molecule is O=C(CCN1C(=O)NC2(CCCCC2)C1=O)Nc1cnn(CC(=O)NC2CCCC2)c1. The molecule has 0 unspecified atom stereocenters. The van der Waals surface area contributed by atoms with Crippen molar-refractivity contribution in [1.29, 1.82) is 0 Å². The molecule has 0 bridgehead atoms. The van der Waals surface area contributed by atoms with Crippen LogP contribution < -0.4 is 16.0 Å². The molecule has 0 atom stereocenters. The van der Waals surface area contributed by atoms with Gasteiger partial charge in [0.2, 0.25) is 11.8 Å². The molecule has 10 heteroatoms. The van der Waals surface area contributed by atoms with E-state index in [0.29, 0.717) is 18.5 Å². The molecule has 2 aliphatic carbocycles. The van der Waals surface area contributed by atoms with E-state index in [0.717, 1.165) is 49.8 Å². The summed E-state index contributed by atoms with van der Waals surface area (Å²) in [7, 11) is 0. The summed E-state index contributed by atoms with van der Waals surface area (Å²) >= 11 is 0. The molecule has 2 saturated carbocycles. The summed E-state index contributed by atoms with van der Waals surface area (Å²) in [6.07, 6.45) is 11.6. The van der Waals surface area contributed by atoms with Crippen LogP contribution in [0.2, 0.25) is 0 Å². The van der Waals surface area contributed by atoms with Crippen molar-refractivity contribution in [2.24, 2.45) is 0 Å². The summed E-state index contributed by atoms with van der Waals surface area (Å²) in [5, 5.41) is 12.7. The standard InChI is InChI=1S/C21H30N6O4/c28-17(8-11-27-19(30)21(25-20(27)31)9-4-1-5-10-21)24-16-12-22-26(13-16)14-18(29)23-15-6-2-3-7-15/h12-13,15H,1-11,14H2,(H,23,29)(H,24,28)(H,25,31). The van der Waals surface area contributed by atoms with Gasteiger partial charge in [0.15, 0.2) is 0 Å². The predicted octanol–water partition coefficient (Wildman–Crippen LogP) is 1.53. The number of nitrogens with one attached hydrogen (secondary N) is 3. The Labute approximate surface area is 181 Å². The number of amides is 5. The van der Waals surface area contributed by atoms with Gasteiger partial charge < -0.3 is 16.0 Å². The van der Waals surface area contributed by atoms with Gasteiger partial charge in [-0.3, -0.25) is 24.0 Å². The van der Waals surface area contributed by atoms with Crippen LogP contribution in [-0.4, -0.2) is 56.6 Å². The van der Waals surface area contributed by atoms with Gasteiger partial charge in [0, 0.05) is 25.2 Å². The third-order valence-corrected chi connectivity index (χ3v) is 6.46. The van der Waals surface area contributed by atoms with Crippen molar-refractivity contribution in [3.63, 3.8) is 0 Å². The lowest BCUT2D eigenvalue weighted by Crippen LogP contribution is -2.48. The number of carbonyl (C=O) groups is 4. The summed E-state index contributed by atoms with van der Waals surface area (Å²) < 4.78 is 1.48. The zero-order chi connectivity index (χ0) is 21.8. The number of aromatic nitrogens is 2. The maximum Gasteiger partial charge on any atom is 0.325 e. The van der Waals surface area contributed by atoms with E-state index in [1.165, 1.54) is 10.9 Å². The Morgan fingerprint density at radius 2 is 1.84 bits per heavy atom. The molecule has 3 fully saturated rings. The quantitative estimate of drug-likeness (QED) is 0.566. The van der Waals surface area contributed by atoms with Gasteiger partial charge in [0.25, 0.3) is 5.91 Å². The molecular weight excluding hydrogens is 400 g/mol. The number of nitrogens with zero attached hydrogens (tertiary/aromatic N) is 3. The van der Waals surface area contributed by atoms with Crippen LogP contribution in [0, 0.1) is 0 Å². The lowest BCUT2D eigenvalue weighted by atomic mass is 9.82. The average Bonchev–Trinajstić information content (AvgIpc) is 3.44. The Hall–Kier alpha value is -2.91. The fraction of sp³-hybridized carbons (Fsp3) is 0.667. The van der Waals surface area contributed by atoms with Gasteiger partial charge in [-0.05, 0) is 25.7 Å². The number of anilines is 1. The molecule has 0 aromatic carbocycles. The molecule has 1 aromatic rings. The Balaban J connectivity index is 1.23. The fourth-order valence-electron chi connectivity index (χ4n) is 4.82. The number of rotatable bonds is 7. The van der Waals surface area contributed by atoms with Gasteiger partial charge in [-0.15, -0.1) is 0 Å². The van der Waals surface area contributed by atoms with Gasteiger partial charge in [-0.25, -0.2) is 4.79 Å². The molecule has 168 valence electrons. The van der Waals surface area contributed by atoms with Crippen molar-refractivity contribution in [2.45, 2.75) is 82.3 Å². The second kappa shape index (κ2) is 9.07. The molecule has 1 aliphatic heterocycles. The van der Waals surface area contributed by atoms with Crippen LogP contribution in [0.1, 0.15) is 64.2 Å². The number of urea groups is 1. The van der Waals surface area contributed by atoms with Crippen molar-refractivity contribution in [3.05, 3.63) is 12.4 Å². The number of carbonyl (C=O) groups excluding carboxylic acids is 4. The summed E-state index contributed by atoms with van der Waals surface area (Å²) in [4.78, 5) is 50.6. The zero-order valence-electron chi connectivity index (χ0n) is 17.7. The first kappa shape index (κ1) is 21.3. The Morgan fingerprint density at radius 3 is 2.58 bits per heavy atom. The molecule has 1 aromatic heterocycles. The van der Waals surface area contributed by atoms with Crippen LogP contribution in [0.3, 0.4) is 0 Å². The highest BCUT2D eigenvalue weighted by atomic mass is 16.2. The number of hydrogen-bond acceptors (Lipinski definition) is 5. The van der Waals surface area contributed by atoms with Crippen LogP contribution in [-0.2, 0) is 20.9 Å². The molecule has 3 aliphatic rings. The second-order valence-corrected chi connectivity index (χ2v) is 8.80. The molecule has 4 rings (SSSR count). The van der Waals surface area contributed by atoms with Crippen LogP contribution in [0.5, 0.6) is 0 Å². The first-order valence-electron chi connectivity index (χ1n) is 11.2. The van der Waals surface area contributed by atoms with E-state index in [4.69, 9.17) is 0 Å². The lowest BCUT2D eigenvalue weighted by Gasteiger charge is -2.30. The van der Waals surface area contributed by atoms with Crippen molar-refractivity contribution in [1.82, 2.24) is 25.3 Å². The molecule has 1 saturated heterocycles. The average molecular weight is 431 g/mol. The molecule has 3 N–H and O–H groups in total. The molecular formula is C21H30N6O4. The van der Waals surface area contributed by atoms with E-state index in [-0.39, 0.29) is 43.3 Å². The minimum Gasteiger partial charge on any atom is -0.352 e. The van der Waals surface area contributed by atoms with E-state index in [1.54, 1.807) is 6.20 Å². The molecule has 2 heterocycles. The lowest BCUT2D eigenvalue weighted by molar-refractivity contribution is -0.132. The van der Waals surface area contributed by atoms with Crippen molar-refractivity contribution < 1.29 is 19.2 Å². The highest BCUT2D eigenvalue weighted by molar-refractivity contribution is 6.07. The van der Waals surface area contributed by atoms with E-state index in [1.807, 2.05) is 0 Å². The first-order chi connectivity index (χ1) is 14.9. The van der Waals surface area contributed by atoms with E-state index >= 15 is 0 Å². The van der Waals surface area contributed by atoms with Crippen molar-refractivity contribution in [2.75, 3.05) is 11.9 Å². The number of imide groups is 1. The Morgan fingerprint density at radius 1 is 1.10 bits per heavy atom. The summed E-state index contributed by atoms with van der Waals surface area (Å²) in [6.45, 7) is 0.132. The summed E-state index contributed by atoms with van der Waals surface area (Å²) in [6, 6.07) is -0.165. The third-order valence-electron chi connectivity index (χ3n) is 6.46. The Bertz CT molecular complexity index is 854. The van der Waals surface area contributed by atoms with E-state index in [2.05, 4.69) is 21.0 Å². The Kier molecular flexibility index (Phi) is 6.24. The fourth-order valence-corrected chi connectivity index (χ4v) is 4.82. The molecule has 31 heavy (non-hydrogen) atoms. The highest BCUT2D eigenvalue weighted by Crippen LogP contribution is 2.33. The molecule has 5 amide bonds. The van der Waals surface area contributed by atoms with Gasteiger partial charge in [0.1, 0.15) is 12.1 Å². The highest BCUT2D eigenvalue weighted by Gasteiger charge is 2.51. The van der Waals surface area contributed by atoms with Crippen LogP contribution in [0.4, 0.5) is 10.5 Å². The second-order valence-electron chi connectivity index (χ2n) is 8.80. The molecule has 1 spiro atoms. The topological polar surface area (TPSA) is 125 Å². The molecule has 0 radical (unpaired) electrons. The van der Waals surface area contributed by atoms with E-state index in [9.17, 15) is 19.2 Å². The van der Waals surface area contributed by atoms with Crippen LogP contribution in [0.15, 0.2) is 12.4 Å². The summed E-state index contributed by atoms with van der Waals surface area (Å²) in [5.41, 5.74) is -0.300. The third kappa shape index (κ3) is 4.88.